The SMILES string of the molecule is CC(=O)C(=O)C1(NC(=O)C(CC(C)(C)C)NC(=O)OC(C)(C)C)CC(F)C1. The lowest BCUT2D eigenvalue weighted by molar-refractivity contribution is -0.146. The number of halogens is 1. The van der Waals surface area contributed by atoms with Gasteiger partial charge in [0.05, 0.1) is 0 Å². The van der Waals surface area contributed by atoms with Gasteiger partial charge in [0.1, 0.15) is 23.4 Å². The molecule has 0 bridgehead atoms. The standard InChI is InChI=1S/C19H31FN2O5/c1-11(23)14(24)19(8-12(20)9-19)22-15(25)13(10-17(2,3)4)21-16(26)27-18(5,6)7/h12-13H,8-10H2,1-7H3,(H,21,26)(H,22,25). The minimum atomic E-state index is -1.53. The molecule has 0 radical (unpaired) electrons. The highest BCUT2D eigenvalue weighted by atomic mass is 19.1. The van der Waals surface area contributed by atoms with Crippen LogP contribution in [0.1, 0.15) is 67.7 Å². The van der Waals surface area contributed by atoms with Crippen LogP contribution in [0.2, 0.25) is 0 Å². The Morgan fingerprint density at radius 1 is 1.11 bits per heavy atom. The number of amides is 2. The van der Waals surface area contributed by atoms with Gasteiger partial charge in [-0.3, -0.25) is 14.4 Å². The van der Waals surface area contributed by atoms with Crippen molar-refractivity contribution < 1.29 is 28.3 Å². The maximum atomic E-state index is 13.5. The second kappa shape index (κ2) is 7.94. The highest BCUT2D eigenvalue weighted by Crippen LogP contribution is 2.36. The van der Waals surface area contributed by atoms with Gasteiger partial charge in [-0.2, -0.15) is 0 Å². The number of hydrogen-bond acceptors (Lipinski definition) is 5. The Kier molecular flexibility index (Phi) is 6.78. The number of hydrogen-bond donors (Lipinski definition) is 2. The van der Waals surface area contributed by atoms with Crippen LogP contribution in [-0.2, 0) is 19.1 Å². The summed E-state index contributed by atoms with van der Waals surface area (Å²) in [6.45, 7) is 11.9. The molecule has 2 amide bonds. The van der Waals surface area contributed by atoms with Gasteiger partial charge in [0.25, 0.3) is 0 Å². The number of ketones is 2. The van der Waals surface area contributed by atoms with Gasteiger partial charge in [0.15, 0.2) is 5.78 Å². The fraction of sp³-hybridized carbons (Fsp3) is 0.789. The van der Waals surface area contributed by atoms with Gasteiger partial charge in [-0.05, 0) is 32.6 Å². The zero-order valence-corrected chi connectivity index (χ0v) is 17.2. The topological polar surface area (TPSA) is 102 Å². The predicted molar refractivity (Wildman–Crippen MR) is 97.9 cm³/mol. The van der Waals surface area contributed by atoms with Gasteiger partial charge in [-0.25, -0.2) is 9.18 Å². The third kappa shape index (κ3) is 6.92. The van der Waals surface area contributed by atoms with Gasteiger partial charge in [0.2, 0.25) is 11.7 Å². The average Bonchev–Trinajstić information content (AvgIpc) is 2.39. The summed E-state index contributed by atoms with van der Waals surface area (Å²) in [5.74, 6) is -2.21. The number of rotatable bonds is 6. The van der Waals surface area contributed by atoms with Crippen molar-refractivity contribution in [3.8, 4) is 0 Å². The van der Waals surface area contributed by atoms with Gasteiger partial charge >= 0.3 is 6.09 Å². The molecule has 0 saturated heterocycles. The van der Waals surface area contributed by atoms with Crippen molar-refractivity contribution in [2.24, 2.45) is 5.41 Å². The third-order valence-electron chi connectivity index (χ3n) is 4.08. The van der Waals surface area contributed by atoms with E-state index in [0.717, 1.165) is 6.92 Å². The fourth-order valence-corrected chi connectivity index (χ4v) is 2.97. The van der Waals surface area contributed by atoms with E-state index in [2.05, 4.69) is 10.6 Å². The first-order valence-corrected chi connectivity index (χ1v) is 9.06. The Hall–Kier alpha value is -1.99. The summed E-state index contributed by atoms with van der Waals surface area (Å²) in [6, 6.07) is -0.991. The molecule has 0 spiro atoms. The van der Waals surface area contributed by atoms with Crippen LogP contribution in [0.5, 0.6) is 0 Å². The van der Waals surface area contributed by atoms with E-state index < -0.39 is 46.9 Å². The first-order chi connectivity index (χ1) is 12.0. The lowest BCUT2D eigenvalue weighted by Gasteiger charge is -2.43. The Morgan fingerprint density at radius 3 is 2.00 bits per heavy atom. The monoisotopic (exact) mass is 386 g/mol. The number of ether oxygens (including phenoxy) is 1. The van der Waals surface area contributed by atoms with Gasteiger partial charge in [-0.1, -0.05) is 20.8 Å². The summed E-state index contributed by atoms with van der Waals surface area (Å²) in [5, 5.41) is 5.03. The van der Waals surface area contributed by atoms with Crippen molar-refractivity contribution >= 4 is 23.6 Å². The Bertz CT molecular complexity index is 613. The molecule has 0 aliphatic heterocycles. The highest BCUT2D eigenvalue weighted by Gasteiger charge is 2.53. The van der Waals surface area contributed by atoms with Crippen LogP contribution < -0.4 is 10.6 Å². The smallest absolute Gasteiger partial charge is 0.408 e. The number of alkyl carbamates (subject to hydrolysis) is 1. The second-order valence-corrected chi connectivity index (χ2v) is 9.43. The van der Waals surface area contributed by atoms with E-state index in [-0.39, 0.29) is 24.7 Å². The van der Waals surface area contributed by atoms with Crippen LogP contribution in [0, 0.1) is 5.41 Å². The van der Waals surface area contributed by atoms with E-state index in [4.69, 9.17) is 4.74 Å². The minimum Gasteiger partial charge on any atom is -0.444 e. The third-order valence-corrected chi connectivity index (χ3v) is 4.08. The van der Waals surface area contributed by atoms with Crippen molar-refractivity contribution in [3.05, 3.63) is 0 Å². The summed E-state index contributed by atoms with van der Waals surface area (Å²) in [4.78, 5) is 48.6. The minimum absolute atomic E-state index is 0.244. The molecule has 27 heavy (non-hydrogen) atoms. The quantitative estimate of drug-likeness (QED) is 0.683. The summed E-state index contributed by atoms with van der Waals surface area (Å²) in [7, 11) is 0. The van der Waals surface area contributed by atoms with Crippen molar-refractivity contribution in [2.75, 3.05) is 0 Å². The highest BCUT2D eigenvalue weighted by molar-refractivity contribution is 6.40. The van der Waals surface area contributed by atoms with E-state index in [1.165, 1.54) is 0 Å². The van der Waals surface area contributed by atoms with E-state index in [9.17, 15) is 23.6 Å². The number of Topliss-reactive ketones (excluding diaryl/α,β-unsaturated/α-hetero) is 2. The van der Waals surface area contributed by atoms with Crippen LogP contribution >= 0.6 is 0 Å². The molecule has 1 saturated carbocycles. The maximum absolute atomic E-state index is 13.5. The largest absolute Gasteiger partial charge is 0.444 e. The molecule has 1 aliphatic carbocycles. The molecule has 1 aliphatic rings. The molecule has 1 atom stereocenters. The molecular formula is C19H31FN2O5. The van der Waals surface area contributed by atoms with Crippen molar-refractivity contribution in [1.29, 1.82) is 0 Å². The zero-order valence-electron chi connectivity index (χ0n) is 17.2. The Morgan fingerprint density at radius 2 is 1.63 bits per heavy atom. The molecule has 2 N–H and O–H groups in total. The summed E-state index contributed by atoms with van der Waals surface area (Å²) in [6.07, 6.45) is -2.25. The second-order valence-electron chi connectivity index (χ2n) is 9.43. The molecule has 1 unspecified atom stereocenters. The molecule has 0 aromatic carbocycles. The summed E-state index contributed by atoms with van der Waals surface area (Å²) in [5.41, 5.74) is -2.60. The molecular weight excluding hydrogens is 355 g/mol. The number of carbonyl (C=O) groups excluding carboxylic acids is 4. The molecule has 1 fully saturated rings. The summed E-state index contributed by atoms with van der Waals surface area (Å²) < 4.78 is 18.6. The first kappa shape index (κ1) is 23.0. The number of carbonyl (C=O) groups is 4. The van der Waals surface area contributed by atoms with Crippen molar-refractivity contribution in [1.82, 2.24) is 10.6 Å². The van der Waals surface area contributed by atoms with Crippen molar-refractivity contribution in [2.45, 2.75) is 91.1 Å². The fourth-order valence-electron chi connectivity index (χ4n) is 2.97. The van der Waals surface area contributed by atoms with Gasteiger partial charge in [0, 0.05) is 19.8 Å². The molecule has 0 aromatic rings. The van der Waals surface area contributed by atoms with Gasteiger partial charge in [-0.15, -0.1) is 0 Å². The first-order valence-electron chi connectivity index (χ1n) is 9.06. The number of nitrogens with one attached hydrogen (secondary N) is 2. The maximum Gasteiger partial charge on any atom is 0.408 e. The molecule has 0 aromatic heterocycles. The van der Waals surface area contributed by atoms with Crippen molar-refractivity contribution in [3.63, 3.8) is 0 Å². The van der Waals surface area contributed by atoms with Crippen LogP contribution in [0.25, 0.3) is 0 Å². The lowest BCUT2D eigenvalue weighted by atomic mass is 9.71. The van der Waals surface area contributed by atoms with Crippen LogP contribution in [0.3, 0.4) is 0 Å². The van der Waals surface area contributed by atoms with Crippen LogP contribution in [0.15, 0.2) is 0 Å². The van der Waals surface area contributed by atoms with E-state index in [1.807, 2.05) is 20.8 Å². The lowest BCUT2D eigenvalue weighted by Crippen LogP contribution is -2.67. The average molecular weight is 386 g/mol. The van der Waals surface area contributed by atoms with Crippen LogP contribution in [0.4, 0.5) is 9.18 Å². The zero-order chi connectivity index (χ0) is 21.2. The van der Waals surface area contributed by atoms with Crippen LogP contribution in [-0.4, -0.2) is 46.9 Å². The number of alkyl halides is 1. The van der Waals surface area contributed by atoms with E-state index >= 15 is 0 Å². The predicted octanol–water partition coefficient (Wildman–Crippen LogP) is 2.46. The Balaban J connectivity index is 2.97. The Labute approximate surface area is 159 Å². The van der Waals surface area contributed by atoms with E-state index in [0.29, 0.717) is 0 Å². The summed E-state index contributed by atoms with van der Waals surface area (Å²) >= 11 is 0. The molecule has 8 heteroatoms. The molecule has 154 valence electrons. The molecule has 1 rings (SSSR count). The molecule has 0 heterocycles. The normalized spacial score (nSPS) is 23.6. The molecule has 7 nitrogen and oxygen atoms in total. The van der Waals surface area contributed by atoms with E-state index in [1.54, 1.807) is 20.8 Å². The van der Waals surface area contributed by atoms with Gasteiger partial charge < -0.3 is 15.4 Å².